The molecule has 0 aromatic carbocycles. The summed E-state index contributed by atoms with van der Waals surface area (Å²) in [5.41, 5.74) is 1.88. The van der Waals surface area contributed by atoms with Crippen LogP contribution in [0, 0.1) is 0 Å². The molecule has 0 radical (unpaired) electrons. The van der Waals surface area contributed by atoms with Gasteiger partial charge in [-0.05, 0) is 7.05 Å². The van der Waals surface area contributed by atoms with E-state index in [2.05, 4.69) is 34.0 Å². The SMILES string of the molecule is CNCc1nc(C(C)C)ncc1N1CCS(=O)(=O)CC1. The molecule has 0 bridgehead atoms. The van der Waals surface area contributed by atoms with Crippen LogP contribution in [-0.2, 0) is 16.4 Å². The first-order chi connectivity index (χ1) is 9.43. The van der Waals surface area contributed by atoms with Gasteiger partial charge >= 0.3 is 0 Å². The number of hydrogen-bond acceptors (Lipinski definition) is 6. The Labute approximate surface area is 120 Å². The zero-order valence-corrected chi connectivity index (χ0v) is 13.1. The van der Waals surface area contributed by atoms with Crippen molar-refractivity contribution in [3.63, 3.8) is 0 Å². The van der Waals surface area contributed by atoms with E-state index >= 15 is 0 Å². The maximum absolute atomic E-state index is 11.5. The molecule has 2 rings (SSSR count). The monoisotopic (exact) mass is 298 g/mol. The lowest BCUT2D eigenvalue weighted by molar-refractivity contribution is 0.586. The Hall–Kier alpha value is -1.21. The molecule has 1 fully saturated rings. The summed E-state index contributed by atoms with van der Waals surface area (Å²) in [7, 11) is -0.992. The lowest BCUT2D eigenvalue weighted by Crippen LogP contribution is -2.41. The molecular weight excluding hydrogens is 276 g/mol. The van der Waals surface area contributed by atoms with Crippen molar-refractivity contribution in [2.24, 2.45) is 0 Å². The van der Waals surface area contributed by atoms with Crippen LogP contribution in [0.5, 0.6) is 0 Å². The van der Waals surface area contributed by atoms with Crippen molar-refractivity contribution in [2.45, 2.75) is 26.3 Å². The third-order valence-electron chi connectivity index (χ3n) is 3.41. The maximum Gasteiger partial charge on any atom is 0.153 e. The standard InChI is InChI=1S/C13H22N4O2S/c1-10(2)13-15-9-12(11(16-13)8-14-3)17-4-6-20(18,19)7-5-17/h9-10,14H,4-8H2,1-3H3. The van der Waals surface area contributed by atoms with Crippen molar-refractivity contribution in [3.8, 4) is 0 Å². The highest BCUT2D eigenvalue weighted by Crippen LogP contribution is 2.22. The van der Waals surface area contributed by atoms with Crippen LogP contribution in [-0.4, -0.2) is 50.0 Å². The van der Waals surface area contributed by atoms with Crippen LogP contribution in [0.15, 0.2) is 6.20 Å². The van der Waals surface area contributed by atoms with Crippen LogP contribution in [0.4, 0.5) is 5.69 Å². The summed E-state index contributed by atoms with van der Waals surface area (Å²) >= 11 is 0. The van der Waals surface area contributed by atoms with Gasteiger partial charge in [-0.15, -0.1) is 0 Å². The molecule has 1 N–H and O–H groups in total. The minimum atomic E-state index is -2.87. The molecular formula is C13H22N4O2S. The van der Waals surface area contributed by atoms with Crippen LogP contribution in [0.3, 0.4) is 0 Å². The summed E-state index contributed by atoms with van der Waals surface area (Å²) in [6.07, 6.45) is 1.83. The average molecular weight is 298 g/mol. The first-order valence-corrected chi connectivity index (χ1v) is 8.71. The van der Waals surface area contributed by atoms with Gasteiger partial charge in [-0.3, -0.25) is 0 Å². The largest absolute Gasteiger partial charge is 0.367 e. The van der Waals surface area contributed by atoms with Gasteiger partial charge in [-0.2, -0.15) is 0 Å². The zero-order chi connectivity index (χ0) is 14.8. The van der Waals surface area contributed by atoms with E-state index in [0.29, 0.717) is 19.6 Å². The van der Waals surface area contributed by atoms with Gasteiger partial charge in [-0.1, -0.05) is 13.8 Å². The van der Waals surface area contributed by atoms with Crippen molar-refractivity contribution in [1.29, 1.82) is 0 Å². The Morgan fingerprint density at radius 2 is 2.00 bits per heavy atom. The second-order valence-electron chi connectivity index (χ2n) is 5.38. The van der Waals surface area contributed by atoms with E-state index in [4.69, 9.17) is 0 Å². The Morgan fingerprint density at radius 3 is 2.55 bits per heavy atom. The van der Waals surface area contributed by atoms with Crippen molar-refractivity contribution >= 4 is 15.5 Å². The molecule has 0 atom stereocenters. The molecule has 0 amide bonds. The molecule has 7 heteroatoms. The van der Waals surface area contributed by atoms with E-state index in [1.807, 2.05) is 13.2 Å². The number of hydrogen-bond donors (Lipinski definition) is 1. The number of anilines is 1. The zero-order valence-electron chi connectivity index (χ0n) is 12.3. The lowest BCUT2D eigenvalue weighted by atomic mass is 10.2. The predicted octanol–water partition coefficient (Wildman–Crippen LogP) is 0.554. The van der Waals surface area contributed by atoms with Gasteiger partial charge in [0.25, 0.3) is 0 Å². The molecule has 0 unspecified atom stereocenters. The molecule has 6 nitrogen and oxygen atoms in total. The van der Waals surface area contributed by atoms with Crippen molar-refractivity contribution in [1.82, 2.24) is 15.3 Å². The summed E-state index contributed by atoms with van der Waals surface area (Å²) in [5.74, 6) is 1.51. The fourth-order valence-corrected chi connectivity index (χ4v) is 3.42. The van der Waals surface area contributed by atoms with Gasteiger partial charge < -0.3 is 10.2 Å². The topological polar surface area (TPSA) is 75.2 Å². The van der Waals surface area contributed by atoms with E-state index < -0.39 is 9.84 Å². The molecule has 2 heterocycles. The number of rotatable bonds is 4. The van der Waals surface area contributed by atoms with Gasteiger partial charge in [-0.25, -0.2) is 18.4 Å². The molecule has 1 aromatic rings. The smallest absolute Gasteiger partial charge is 0.153 e. The van der Waals surface area contributed by atoms with Crippen LogP contribution in [0.1, 0.15) is 31.3 Å². The van der Waals surface area contributed by atoms with Crippen molar-refractivity contribution < 1.29 is 8.42 Å². The van der Waals surface area contributed by atoms with E-state index in [1.54, 1.807) is 0 Å². The summed E-state index contributed by atoms with van der Waals surface area (Å²) in [5, 5.41) is 3.11. The molecule has 1 aromatic heterocycles. The molecule has 20 heavy (non-hydrogen) atoms. The molecule has 0 saturated carbocycles. The van der Waals surface area contributed by atoms with Crippen molar-refractivity contribution in [3.05, 3.63) is 17.7 Å². The number of sulfone groups is 1. The van der Waals surface area contributed by atoms with Crippen LogP contribution in [0.25, 0.3) is 0 Å². The predicted molar refractivity (Wildman–Crippen MR) is 79.8 cm³/mol. The quantitative estimate of drug-likeness (QED) is 0.875. The minimum absolute atomic E-state index is 0.206. The molecule has 0 spiro atoms. The third-order valence-corrected chi connectivity index (χ3v) is 5.02. The van der Waals surface area contributed by atoms with E-state index in [1.165, 1.54) is 0 Å². The second kappa shape index (κ2) is 6.05. The molecule has 1 aliphatic heterocycles. The van der Waals surface area contributed by atoms with Crippen LogP contribution >= 0.6 is 0 Å². The van der Waals surface area contributed by atoms with E-state index in [-0.39, 0.29) is 17.4 Å². The van der Waals surface area contributed by atoms with E-state index in [0.717, 1.165) is 17.2 Å². The third kappa shape index (κ3) is 3.46. The molecule has 1 saturated heterocycles. The van der Waals surface area contributed by atoms with Gasteiger partial charge in [0.2, 0.25) is 0 Å². The Balaban J connectivity index is 2.26. The van der Waals surface area contributed by atoms with Gasteiger partial charge in [0, 0.05) is 25.6 Å². The number of aromatic nitrogens is 2. The summed E-state index contributed by atoms with van der Waals surface area (Å²) in [4.78, 5) is 11.1. The Kier molecular flexibility index (Phi) is 4.59. The molecule has 1 aliphatic rings. The van der Waals surface area contributed by atoms with Crippen LogP contribution < -0.4 is 10.2 Å². The molecule has 112 valence electrons. The van der Waals surface area contributed by atoms with Gasteiger partial charge in [0.05, 0.1) is 29.1 Å². The maximum atomic E-state index is 11.5. The average Bonchev–Trinajstić information content (AvgIpc) is 2.39. The minimum Gasteiger partial charge on any atom is -0.367 e. The number of nitrogens with one attached hydrogen (secondary N) is 1. The Morgan fingerprint density at radius 1 is 1.35 bits per heavy atom. The van der Waals surface area contributed by atoms with Gasteiger partial charge in [0.15, 0.2) is 9.84 Å². The van der Waals surface area contributed by atoms with E-state index in [9.17, 15) is 8.42 Å². The summed E-state index contributed by atoms with van der Waals surface area (Å²) < 4.78 is 23.0. The highest BCUT2D eigenvalue weighted by Gasteiger charge is 2.24. The normalized spacial score (nSPS) is 18.5. The molecule has 0 aliphatic carbocycles. The Bertz CT molecular complexity index is 558. The summed E-state index contributed by atoms with van der Waals surface area (Å²) in [6, 6.07) is 0. The van der Waals surface area contributed by atoms with Gasteiger partial charge in [0.1, 0.15) is 5.82 Å². The second-order valence-corrected chi connectivity index (χ2v) is 7.69. The fraction of sp³-hybridized carbons (Fsp3) is 0.692. The van der Waals surface area contributed by atoms with Crippen LogP contribution in [0.2, 0.25) is 0 Å². The first-order valence-electron chi connectivity index (χ1n) is 6.88. The number of nitrogens with zero attached hydrogens (tertiary/aromatic N) is 3. The lowest BCUT2D eigenvalue weighted by Gasteiger charge is -2.30. The van der Waals surface area contributed by atoms with Crippen molar-refractivity contribution in [2.75, 3.05) is 36.5 Å². The highest BCUT2D eigenvalue weighted by molar-refractivity contribution is 7.91. The highest BCUT2D eigenvalue weighted by atomic mass is 32.2. The summed E-state index contributed by atoms with van der Waals surface area (Å²) in [6.45, 7) is 5.81. The fourth-order valence-electron chi connectivity index (χ4n) is 2.22. The first kappa shape index (κ1) is 15.2.